The predicted octanol–water partition coefficient (Wildman–Crippen LogP) is 3.83. The number of aryl methyl sites for hydroxylation is 2. The Morgan fingerprint density at radius 1 is 1.14 bits per heavy atom. The molecular formula is C18H25N3. The van der Waals surface area contributed by atoms with E-state index in [-0.39, 0.29) is 0 Å². The molecule has 1 aromatic carbocycles. The lowest BCUT2D eigenvalue weighted by atomic mass is 10.1. The smallest absolute Gasteiger partial charge is 0.0707 e. The van der Waals surface area contributed by atoms with E-state index in [9.17, 15) is 0 Å². The zero-order chi connectivity index (χ0) is 14.8. The van der Waals surface area contributed by atoms with Gasteiger partial charge in [-0.25, -0.2) is 4.68 Å². The number of nitrogens with zero attached hydrogens (tertiary/aromatic N) is 2. The summed E-state index contributed by atoms with van der Waals surface area (Å²) >= 11 is 0. The molecule has 3 rings (SSSR count). The summed E-state index contributed by atoms with van der Waals surface area (Å²) in [5.41, 5.74) is 6.33. The molecule has 0 spiro atoms. The molecule has 1 aromatic heterocycles. The molecular weight excluding hydrogens is 258 g/mol. The molecule has 1 aliphatic carbocycles. The van der Waals surface area contributed by atoms with E-state index in [2.05, 4.69) is 54.1 Å². The number of para-hydroxylation sites is 1. The molecule has 0 aliphatic heterocycles. The van der Waals surface area contributed by atoms with E-state index >= 15 is 0 Å². The van der Waals surface area contributed by atoms with Gasteiger partial charge in [-0.15, -0.1) is 0 Å². The van der Waals surface area contributed by atoms with Crippen molar-refractivity contribution in [3.63, 3.8) is 0 Å². The summed E-state index contributed by atoms with van der Waals surface area (Å²) in [4.78, 5) is 0. The Labute approximate surface area is 127 Å². The fourth-order valence-corrected chi connectivity index (χ4v) is 3.37. The highest BCUT2D eigenvalue weighted by molar-refractivity contribution is 5.47. The van der Waals surface area contributed by atoms with Crippen molar-refractivity contribution in [3.05, 3.63) is 46.8 Å². The van der Waals surface area contributed by atoms with Crippen molar-refractivity contribution >= 4 is 0 Å². The Kier molecular flexibility index (Phi) is 4.11. The van der Waals surface area contributed by atoms with Gasteiger partial charge in [0.15, 0.2) is 0 Å². The third-order valence-corrected chi connectivity index (χ3v) is 4.70. The van der Waals surface area contributed by atoms with Crippen molar-refractivity contribution in [2.45, 2.75) is 59.0 Å². The average molecular weight is 283 g/mol. The molecule has 0 atom stereocenters. The third kappa shape index (κ3) is 2.88. The van der Waals surface area contributed by atoms with Crippen LogP contribution in [0.25, 0.3) is 5.69 Å². The lowest BCUT2D eigenvalue weighted by Crippen LogP contribution is -2.25. The lowest BCUT2D eigenvalue weighted by Gasteiger charge is -2.13. The van der Waals surface area contributed by atoms with Crippen molar-refractivity contribution in [2.24, 2.45) is 0 Å². The van der Waals surface area contributed by atoms with Gasteiger partial charge in [0, 0.05) is 23.8 Å². The number of hydrogen-bond donors (Lipinski definition) is 1. The highest BCUT2D eigenvalue weighted by Gasteiger charge is 2.16. The summed E-state index contributed by atoms with van der Waals surface area (Å²) in [6.07, 6.45) is 7.41. The molecule has 0 unspecified atom stereocenters. The zero-order valence-electron chi connectivity index (χ0n) is 13.3. The van der Waals surface area contributed by atoms with Gasteiger partial charge >= 0.3 is 0 Å². The van der Waals surface area contributed by atoms with Crippen LogP contribution in [0, 0.1) is 20.8 Å². The van der Waals surface area contributed by atoms with E-state index in [1.54, 1.807) is 0 Å². The molecule has 2 aromatic rings. The van der Waals surface area contributed by atoms with Crippen molar-refractivity contribution in [1.29, 1.82) is 0 Å². The van der Waals surface area contributed by atoms with Crippen LogP contribution in [0.4, 0.5) is 0 Å². The molecule has 0 radical (unpaired) electrons. The summed E-state index contributed by atoms with van der Waals surface area (Å²) in [5, 5.41) is 8.31. The standard InChI is InChI=1S/C18H25N3/c1-13-7-6-8-14(2)18(13)21-15(3)16(12-20-21)11-19-17-9-4-5-10-17/h6-8,12,17,19H,4-5,9-11H2,1-3H3. The molecule has 1 saturated carbocycles. The molecule has 0 saturated heterocycles. The van der Waals surface area contributed by atoms with Crippen LogP contribution in [0.5, 0.6) is 0 Å². The van der Waals surface area contributed by atoms with E-state index in [1.165, 1.54) is 53.8 Å². The predicted molar refractivity (Wildman–Crippen MR) is 86.9 cm³/mol. The van der Waals surface area contributed by atoms with Crippen LogP contribution in [-0.2, 0) is 6.54 Å². The largest absolute Gasteiger partial charge is 0.310 e. The van der Waals surface area contributed by atoms with Gasteiger partial charge in [0.2, 0.25) is 0 Å². The first-order valence-corrected chi connectivity index (χ1v) is 8.00. The monoisotopic (exact) mass is 283 g/mol. The van der Waals surface area contributed by atoms with Gasteiger partial charge < -0.3 is 5.32 Å². The van der Waals surface area contributed by atoms with Crippen molar-refractivity contribution in [3.8, 4) is 5.69 Å². The van der Waals surface area contributed by atoms with Crippen LogP contribution in [0.3, 0.4) is 0 Å². The van der Waals surface area contributed by atoms with Gasteiger partial charge in [-0.05, 0) is 44.7 Å². The fourth-order valence-electron chi connectivity index (χ4n) is 3.37. The maximum atomic E-state index is 4.63. The highest BCUT2D eigenvalue weighted by atomic mass is 15.3. The van der Waals surface area contributed by atoms with Gasteiger partial charge in [0.1, 0.15) is 0 Å². The van der Waals surface area contributed by atoms with Gasteiger partial charge in [-0.1, -0.05) is 31.0 Å². The molecule has 0 amide bonds. The Balaban J connectivity index is 1.81. The second-order valence-corrected chi connectivity index (χ2v) is 6.27. The third-order valence-electron chi connectivity index (χ3n) is 4.70. The number of benzene rings is 1. The van der Waals surface area contributed by atoms with Crippen molar-refractivity contribution in [2.75, 3.05) is 0 Å². The number of nitrogens with one attached hydrogen (secondary N) is 1. The molecule has 112 valence electrons. The molecule has 21 heavy (non-hydrogen) atoms. The highest BCUT2D eigenvalue weighted by Crippen LogP contribution is 2.22. The first-order chi connectivity index (χ1) is 10.2. The average Bonchev–Trinajstić information content (AvgIpc) is 3.08. The Hall–Kier alpha value is -1.61. The zero-order valence-corrected chi connectivity index (χ0v) is 13.3. The summed E-state index contributed by atoms with van der Waals surface area (Å²) in [6.45, 7) is 7.41. The van der Waals surface area contributed by atoms with Crippen LogP contribution in [0.1, 0.15) is 48.1 Å². The molecule has 3 nitrogen and oxygen atoms in total. The number of rotatable bonds is 4. The first kappa shape index (κ1) is 14.3. The van der Waals surface area contributed by atoms with Gasteiger partial charge in [-0.2, -0.15) is 5.10 Å². The summed E-state index contributed by atoms with van der Waals surface area (Å²) < 4.78 is 2.09. The molecule has 0 bridgehead atoms. The SMILES string of the molecule is Cc1cccc(C)c1-n1ncc(CNC2CCCC2)c1C. The van der Waals surface area contributed by atoms with E-state index in [0.717, 1.165) is 6.54 Å². The molecule has 1 N–H and O–H groups in total. The Morgan fingerprint density at radius 3 is 2.48 bits per heavy atom. The van der Waals surface area contributed by atoms with Crippen LogP contribution >= 0.6 is 0 Å². The summed E-state index contributed by atoms with van der Waals surface area (Å²) in [5.74, 6) is 0. The summed E-state index contributed by atoms with van der Waals surface area (Å²) in [7, 11) is 0. The summed E-state index contributed by atoms with van der Waals surface area (Å²) in [6, 6.07) is 7.11. The topological polar surface area (TPSA) is 29.9 Å². The molecule has 3 heteroatoms. The van der Waals surface area contributed by atoms with E-state index < -0.39 is 0 Å². The van der Waals surface area contributed by atoms with Crippen molar-refractivity contribution in [1.82, 2.24) is 15.1 Å². The minimum atomic E-state index is 0.702. The second kappa shape index (κ2) is 6.02. The molecule has 1 aliphatic rings. The lowest BCUT2D eigenvalue weighted by molar-refractivity contribution is 0.523. The fraction of sp³-hybridized carbons (Fsp3) is 0.500. The molecule has 1 heterocycles. The number of aromatic nitrogens is 2. The van der Waals surface area contributed by atoms with Crippen molar-refractivity contribution < 1.29 is 0 Å². The van der Waals surface area contributed by atoms with Crippen LogP contribution in [-0.4, -0.2) is 15.8 Å². The maximum absolute atomic E-state index is 4.63. The van der Waals surface area contributed by atoms with Crippen LogP contribution in [0.15, 0.2) is 24.4 Å². The van der Waals surface area contributed by atoms with Crippen LogP contribution in [0.2, 0.25) is 0 Å². The minimum Gasteiger partial charge on any atom is -0.310 e. The van der Waals surface area contributed by atoms with E-state index in [4.69, 9.17) is 0 Å². The minimum absolute atomic E-state index is 0.702. The van der Waals surface area contributed by atoms with Crippen LogP contribution < -0.4 is 5.32 Å². The number of hydrogen-bond acceptors (Lipinski definition) is 2. The Bertz CT molecular complexity index is 601. The van der Waals surface area contributed by atoms with Gasteiger partial charge in [-0.3, -0.25) is 0 Å². The Morgan fingerprint density at radius 2 is 1.81 bits per heavy atom. The molecule has 1 fully saturated rings. The quantitative estimate of drug-likeness (QED) is 0.924. The second-order valence-electron chi connectivity index (χ2n) is 6.27. The van der Waals surface area contributed by atoms with Gasteiger partial charge in [0.05, 0.1) is 11.9 Å². The maximum Gasteiger partial charge on any atom is 0.0707 e. The van der Waals surface area contributed by atoms with Gasteiger partial charge in [0.25, 0.3) is 0 Å². The normalized spacial score (nSPS) is 15.8. The van der Waals surface area contributed by atoms with E-state index in [0.29, 0.717) is 6.04 Å². The van der Waals surface area contributed by atoms with E-state index in [1.807, 2.05) is 6.20 Å². The first-order valence-electron chi connectivity index (χ1n) is 8.00.